The Balaban J connectivity index is 1.75. The number of aryl methyl sites for hydroxylation is 1. The second-order valence-electron chi connectivity index (χ2n) is 6.44. The van der Waals surface area contributed by atoms with E-state index in [4.69, 9.17) is 4.74 Å². The van der Waals surface area contributed by atoms with E-state index in [2.05, 4.69) is 9.97 Å². The lowest BCUT2D eigenvalue weighted by atomic mass is 10.0. The SMILES string of the molecule is Cc1cccnc1-c1ccc2nccc(Oc3ccc(CC=O)c(F)c3)c2c1. The summed E-state index contributed by atoms with van der Waals surface area (Å²) in [7, 11) is 0. The van der Waals surface area contributed by atoms with E-state index in [0.717, 1.165) is 27.7 Å². The van der Waals surface area contributed by atoms with Gasteiger partial charge in [-0.05, 0) is 48.4 Å². The summed E-state index contributed by atoms with van der Waals surface area (Å²) in [5.41, 5.74) is 4.03. The van der Waals surface area contributed by atoms with E-state index in [-0.39, 0.29) is 6.42 Å². The minimum Gasteiger partial charge on any atom is -0.456 e. The number of carbonyl (C=O) groups excluding carboxylic acids is 1. The number of rotatable bonds is 5. The van der Waals surface area contributed by atoms with Crippen molar-refractivity contribution in [1.82, 2.24) is 9.97 Å². The Bertz CT molecular complexity index is 1170. The molecule has 2 aromatic heterocycles. The molecule has 138 valence electrons. The summed E-state index contributed by atoms with van der Waals surface area (Å²) in [5.74, 6) is 0.467. The molecule has 0 aliphatic rings. The van der Waals surface area contributed by atoms with Crippen LogP contribution in [0, 0.1) is 12.7 Å². The fourth-order valence-electron chi connectivity index (χ4n) is 3.12. The summed E-state index contributed by atoms with van der Waals surface area (Å²) < 4.78 is 20.1. The van der Waals surface area contributed by atoms with Crippen LogP contribution < -0.4 is 4.74 Å². The van der Waals surface area contributed by atoms with Crippen molar-refractivity contribution in [2.75, 3.05) is 0 Å². The standard InChI is InChI=1S/C23H17FN2O2/c1-15-3-2-10-26-23(15)17-5-7-21-19(13-17)22(8-11-25-21)28-18-6-4-16(9-12-27)20(24)14-18/h2-8,10-14H,9H2,1H3. The van der Waals surface area contributed by atoms with Crippen LogP contribution in [0.15, 0.2) is 67.0 Å². The number of aromatic nitrogens is 2. The number of fused-ring (bicyclic) bond motifs is 1. The van der Waals surface area contributed by atoms with Crippen molar-refractivity contribution in [2.45, 2.75) is 13.3 Å². The third kappa shape index (κ3) is 3.47. The minimum absolute atomic E-state index is 0.0388. The molecule has 0 aliphatic carbocycles. The molecule has 0 bridgehead atoms. The number of carbonyl (C=O) groups is 1. The molecule has 0 saturated carbocycles. The molecule has 0 radical (unpaired) electrons. The molecule has 0 aliphatic heterocycles. The first-order valence-electron chi connectivity index (χ1n) is 8.86. The molecule has 0 amide bonds. The van der Waals surface area contributed by atoms with E-state index >= 15 is 0 Å². The van der Waals surface area contributed by atoms with Crippen LogP contribution >= 0.6 is 0 Å². The lowest BCUT2D eigenvalue weighted by molar-refractivity contribution is -0.107. The van der Waals surface area contributed by atoms with Gasteiger partial charge in [0.1, 0.15) is 23.6 Å². The molecule has 2 aromatic carbocycles. The summed E-state index contributed by atoms with van der Waals surface area (Å²) in [6.45, 7) is 2.01. The summed E-state index contributed by atoms with van der Waals surface area (Å²) in [5, 5.41) is 0.808. The Morgan fingerprint density at radius 2 is 1.93 bits per heavy atom. The van der Waals surface area contributed by atoms with Crippen molar-refractivity contribution in [3.05, 3.63) is 83.9 Å². The summed E-state index contributed by atoms with van der Waals surface area (Å²) in [4.78, 5) is 19.5. The highest BCUT2D eigenvalue weighted by Crippen LogP contribution is 2.33. The highest BCUT2D eigenvalue weighted by molar-refractivity contribution is 5.89. The average Bonchev–Trinajstić information content (AvgIpc) is 2.70. The van der Waals surface area contributed by atoms with Gasteiger partial charge in [-0.3, -0.25) is 9.97 Å². The smallest absolute Gasteiger partial charge is 0.138 e. The largest absolute Gasteiger partial charge is 0.456 e. The van der Waals surface area contributed by atoms with Crippen LogP contribution in [0.5, 0.6) is 11.5 Å². The number of halogens is 1. The molecular formula is C23H17FN2O2. The third-order valence-electron chi connectivity index (χ3n) is 4.54. The molecule has 0 saturated heterocycles. The molecule has 2 heterocycles. The predicted molar refractivity (Wildman–Crippen MR) is 106 cm³/mol. The Labute approximate surface area is 161 Å². The third-order valence-corrected chi connectivity index (χ3v) is 4.54. The predicted octanol–water partition coefficient (Wildman–Crippen LogP) is 5.28. The summed E-state index contributed by atoms with van der Waals surface area (Å²) >= 11 is 0. The monoisotopic (exact) mass is 372 g/mol. The molecule has 0 spiro atoms. The van der Waals surface area contributed by atoms with Crippen molar-refractivity contribution in [1.29, 1.82) is 0 Å². The van der Waals surface area contributed by atoms with Crippen molar-refractivity contribution in [2.24, 2.45) is 0 Å². The molecule has 0 fully saturated rings. The molecule has 0 atom stereocenters. The van der Waals surface area contributed by atoms with Crippen molar-refractivity contribution < 1.29 is 13.9 Å². The molecule has 5 heteroatoms. The minimum atomic E-state index is -0.465. The number of benzene rings is 2. The molecule has 4 nitrogen and oxygen atoms in total. The normalized spacial score (nSPS) is 10.8. The van der Waals surface area contributed by atoms with Gasteiger partial charge in [0.2, 0.25) is 0 Å². The van der Waals surface area contributed by atoms with E-state index in [1.54, 1.807) is 30.6 Å². The van der Waals surface area contributed by atoms with Crippen LogP contribution in [-0.4, -0.2) is 16.3 Å². The first kappa shape index (κ1) is 17.8. The highest BCUT2D eigenvalue weighted by Gasteiger charge is 2.10. The van der Waals surface area contributed by atoms with Crippen LogP contribution in [0.4, 0.5) is 4.39 Å². The topological polar surface area (TPSA) is 52.1 Å². The zero-order valence-corrected chi connectivity index (χ0v) is 15.2. The Kier molecular flexibility index (Phi) is 4.81. The Hall–Kier alpha value is -3.60. The van der Waals surface area contributed by atoms with Gasteiger partial charge >= 0.3 is 0 Å². The second-order valence-corrected chi connectivity index (χ2v) is 6.44. The van der Waals surface area contributed by atoms with Gasteiger partial charge in [0.25, 0.3) is 0 Å². The number of ether oxygens (including phenoxy) is 1. The van der Waals surface area contributed by atoms with Gasteiger partial charge in [-0.25, -0.2) is 4.39 Å². The molecule has 0 N–H and O–H groups in total. The van der Waals surface area contributed by atoms with Crippen LogP contribution in [0.25, 0.3) is 22.2 Å². The fraction of sp³-hybridized carbons (Fsp3) is 0.0870. The molecular weight excluding hydrogens is 355 g/mol. The maximum absolute atomic E-state index is 14.1. The molecule has 28 heavy (non-hydrogen) atoms. The van der Waals surface area contributed by atoms with Crippen LogP contribution in [-0.2, 0) is 11.2 Å². The van der Waals surface area contributed by atoms with Gasteiger partial charge in [0, 0.05) is 35.8 Å². The van der Waals surface area contributed by atoms with Gasteiger partial charge < -0.3 is 9.53 Å². The lowest BCUT2D eigenvalue weighted by Gasteiger charge is -2.11. The highest BCUT2D eigenvalue weighted by atomic mass is 19.1. The summed E-state index contributed by atoms with van der Waals surface area (Å²) in [6, 6.07) is 16.0. The van der Waals surface area contributed by atoms with Crippen LogP contribution in [0.3, 0.4) is 0 Å². The zero-order valence-electron chi connectivity index (χ0n) is 15.2. The fourth-order valence-corrected chi connectivity index (χ4v) is 3.12. The zero-order chi connectivity index (χ0) is 19.5. The van der Waals surface area contributed by atoms with E-state index in [9.17, 15) is 9.18 Å². The van der Waals surface area contributed by atoms with Crippen molar-refractivity contribution in [3.8, 4) is 22.8 Å². The van der Waals surface area contributed by atoms with E-state index in [0.29, 0.717) is 23.3 Å². The quantitative estimate of drug-likeness (QED) is 0.447. The number of hydrogen-bond acceptors (Lipinski definition) is 4. The number of hydrogen-bond donors (Lipinski definition) is 0. The van der Waals surface area contributed by atoms with Crippen LogP contribution in [0.2, 0.25) is 0 Å². The van der Waals surface area contributed by atoms with Crippen molar-refractivity contribution in [3.63, 3.8) is 0 Å². The second kappa shape index (κ2) is 7.56. The maximum atomic E-state index is 14.1. The van der Waals surface area contributed by atoms with E-state index < -0.39 is 5.82 Å². The first-order chi connectivity index (χ1) is 13.7. The molecule has 4 aromatic rings. The lowest BCUT2D eigenvalue weighted by Crippen LogP contribution is -1.94. The molecule has 0 unspecified atom stereocenters. The van der Waals surface area contributed by atoms with Crippen molar-refractivity contribution >= 4 is 17.2 Å². The average molecular weight is 372 g/mol. The Morgan fingerprint density at radius 1 is 1.04 bits per heavy atom. The number of aldehydes is 1. The number of nitrogens with zero attached hydrogens (tertiary/aromatic N) is 2. The van der Waals surface area contributed by atoms with Gasteiger partial charge in [0.05, 0.1) is 11.2 Å². The van der Waals surface area contributed by atoms with Gasteiger partial charge in [-0.1, -0.05) is 18.2 Å². The van der Waals surface area contributed by atoms with Gasteiger partial charge in [0.15, 0.2) is 0 Å². The van der Waals surface area contributed by atoms with E-state index in [1.165, 1.54) is 6.07 Å². The molecule has 4 rings (SSSR count). The number of pyridine rings is 2. The Morgan fingerprint density at radius 3 is 2.71 bits per heavy atom. The van der Waals surface area contributed by atoms with Crippen LogP contribution in [0.1, 0.15) is 11.1 Å². The van der Waals surface area contributed by atoms with Gasteiger partial charge in [-0.2, -0.15) is 0 Å². The van der Waals surface area contributed by atoms with Gasteiger partial charge in [-0.15, -0.1) is 0 Å². The maximum Gasteiger partial charge on any atom is 0.138 e. The van der Waals surface area contributed by atoms with E-state index in [1.807, 2.05) is 37.3 Å². The first-order valence-corrected chi connectivity index (χ1v) is 8.86. The summed E-state index contributed by atoms with van der Waals surface area (Å²) in [6.07, 6.45) is 4.13.